The molecular formula is C13H19N5O3. The summed E-state index contributed by atoms with van der Waals surface area (Å²) in [4.78, 5) is 26.8. The Morgan fingerprint density at radius 3 is 2.33 bits per heavy atom. The number of carbonyl (C=O) groups excluding carboxylic acids is 1. The summed E-state index contributed by atoms with van der Waals surface area (Å²) in [5.41, 5.74) is -0.0627. The first-order valence-corrected chi connectivity index (χ1v) is 7.34. The topological polar surface area (TPSA) is 91.6 Å². The summed E-state index contributed by atoms with van der Waals surface area (Å²) in [6, 6.07) is 0.119. The Bertz CT molecular complexity index is 530. The third kappa shape index (κ3) is 2.84. The lowest BCUT2D eigenvalue weighted by Gasteiger charge is -2.41. The highest BCUT2D eigenvalue weighted by Gasteiger charge is 2.35. The van der Waals surface area contributed by atoms with E-state index in [-0.39, 0.29) is 17.8 Å². The molecule has 114 valence electrons. The van der Waals surface area contributed by atoms with Crippen LogP contribution >= 0.6 is 0 Å². The number of rotatable bonds is 2. The number of carboxylic acid groups (broad SMARTS) is 1. The third-order valence-corrected chi connectivity index (χ3v) is 4.11. The molecule has 0 spiro atoms. The van der Waals surface area contributed by atoms with Crippen LogP contribution in [0, 0.1) is 0 Å². The zero-order valence-corrected chi connectivity index (χ0v) is 11.8. The maximum absolute atomic E-state index is 12.3. The molecule has 8 heteroatoms. The lowest BCUT2D eigenvalue weighted by atomic mass is 10.1. The average molecular weight is 293 g/mol. The summed E-state index contributed by atoms with van der Waals surface area (Å²) in [6.07, 6.45) is 5.97. The Balaban J connectivity index is 1.54. The monoisotopic (exact) mass is 293 g/mol. The molecule has 21 heavy (non-hydrogen) atoms. The van der Waals surface area contributed by atoms with Crippen molar-refractivity contribution in [3.8, 4) is 0 Å². The zero-order chi connectivity index (χ0) is 14.8. The molecule has 0 radical (unpaired) electrons. The van der Waals surface area contributed by atoms with Crippen molar-refractivity contribution in [1.82, 2.24) is 24.8 Å². The first kappa shape index (κ1) is 13.8. The number of carbonyl (C=O) groups is 2. The molecule has 2 amide bonds. The Hall–Kier alpha value is -2.12. The minimum Gasteiger partial charge on any atom is -0.476 e. The van der Waals surface area contributed by atoms with Crippen molar-refractivity contribution in [2.75, 3.05) is 26.2 Å². The average Bonchev–Trinajstić information content (AvgIpc) is 2.72. The molecule has 2 fully saturated rings. The van der Waals surface area contributed by atoms with E-state index in [4.69, 9.17) is 5.11 Å². The fourth-order valence-corrected chi connectivity index (χ4v) is 2.79. The van der Waals surface area contributed by atoms with Crippen LogP contribution in [0.2, 0.25) is 0 Å². The number of carboxylic acids is 1. The normalized spacial score (nSPS) is 20.0. The third-order valence-electron chi connectivity index (χ3n) is 4.11. The van der Waals surface area contributed by atoms with Gasteiger partial charge in [0.2, 0.25) is 0 Å². The molecule has 2 saturated heterocycles. The largest absolute Gasteiger partial charge is 0.476 e. The summed E-state index contributed by atoms with van der Waals surface area (Å²) in [7, 11) is 0. The second-order valence-corrected chi connectivity index (χ2v) is 5.63. The van der Waals surface area contributed by atoms with Crippen LogP contribution in [0.15, 0.2) is 6.20 Å². The maximum atomic E-state index is 12.3. The lowest BCUT2D eigenvalue weighted by Crippen LogP contribution is -2.55. The van der Waals surface area contributed by atoms with Gasteiger partial charge in [-0.15, -0.1) is 5.10 Å². The van der Waals surface area contributed by atoms with E-state index in [2.05, 4.69) is 10.3 Å². The second kappa shape index (κ2) is 5.71. The van der Waals surface area contributed by atoms with Gasteiger partial charge in [0.25, 0.3) is 0 Å². The molecule has 0 bridgehead atoms. The van der Waals surface area contributed by atoms with Gasteiger partial charge in [0.1, 0.15) is 0 Å². The molecule has 1 N–H and O–H groups in total. The molecule has 3 heterocycles. The van der Waals surface area contributed by atoms with Gasteiger partial charge >= 0.3 is 12.0 Å². The van der Waals surface area contributed by atoms with Gasteiger partial charge in [-0.1, -0.05) is 18.1 Å². The summed E-state index contributed by atoms with van der Waals surface area (Å²) in [5, 5.41) is 16.2. The standard InChI is InChI=1S/C13H19N5O3/c19-12(20)11-9-18(15-14-11)10-7-17(8-10)13(21)16-5-3-1-2-4-6-16/h9-10H,1-8H2,(H,19,20). The minimum atomic E-state index is -1.09. The maximum Gasteiger partial charge on any atom is 0.358 e. The van der Waals surface area contributed by atoms with Crippen molar-refractivity contribution in [3.63, 3.8) is 0 Å². The Kier molecular flexibility index (Phi) is 3.76. The van der Waals surface area contributed by atoms with Crippen molar-refractivity contribution in [2.45, 2.75) is 31.7 Å². The van der Waals surface area contributed by atoms with E-state index in [0.717, 1.165) is 25.9 Å². The Morgan fingerprint density at radius 2 is 1.76 bits per heavy atom. The van der Waals surface area contributed by atoms with Crippen molar-refractivity contribution in [2.24, 2.45) is 0 Å². The number of hydrogen-bond acceptors (Lipinski definition) is 4. The van der Waals surface area contributed by atoms with Gasteiger partial charge in [0.05, 0.1) is 12.2 Å². The van der Waals surface area contributed by atoms with Crippen LogP contribution in [-0.4, -0.2) is 68.1 Å². The van der Waals surface area contributed by atoms with E-state index in [0.29, 0.717) is 13.1 Å². The predicted octanol–water partition coefficient (Wildman–Crippen LogP) is 0.829. The number of amides is 2. The fraction of sp³-hybridized carbons (Fsp3) is 0.692. The van der Waals surface area contributed by atoms with E-state index < -0.39 is 5.97 Å². The smallest absolute Gasteiger partial charge is 0.358 e. The lowest BCUT2D eigenvalue weighted by molar-refractivity contribution is 0.0689. The molecule has 0 aliphatic carbocycles. The molecule has 3 rings (SSSR count). The zero-order valence-electron chi connectivity index (χ0n) is 11.8. The molecule has 2 aliphatic heterocycles. The predicted molar refractivity (Wildman–Crippen MR) is 73.0 cm³/mol. The number of urea groups is 1. The highest BCUT2D eigenvalue weighted by Crippen LogP contribution is 2.23. The van der Waals surface area contributed by atoms with Crippen molar-refractivity contribution >= 4 is 12.0 Å². The van der Waals surface area contributed by atoms with Gasteiger partial charge in [-0.05, 0) is 12.8 Å². The molecule has 0 unspecified atom stereocenters. The Morgan fingerprint density at radius 1 is 1.10 bits per heavy atom. The SMILES string of the molecule is O=C(O)c1cn(C2CN(C(=O)N3CCCCCC3)C2)nn1. The minimum absolute atomic E-state index is 0.0292. The summed E-state index contributed by atoms with van der Waals surface area (Å²) in [5.74, 6) is -1.09. The molecule has 0 saturated carbocycles. The molecular weight excluding hydrogens is 274 g/mol. The van der Waals surface area contributed by atoms with Crippen LogP contribution < -0.4 is 0 Å². The van der Waals surface area contributed by atoms with E-state index >= 15 is 0 Å². The summed E-state index contributed by atoms with van der Waals surface area (Å²) >= 11 is 0. The van der Waals surface area contributed by atoms with Crippen molar-refractivity contribution < 1.29 is 14.7 Å². The van der Waals surface area contributed by atoms with E-state index in [9.17, 15) is 9.59 Å². The van der Waals surface area contributed by atoms with Crippen LogP contribution in [0.3, 0.4) is 0 Å². The quantitative estimate of drug-likeness (QED) is 0.872. The summed E-state index contributed by atoms with van der Waals surface area (Å²) < 4.78 is 1.54. The highest BCUT2D eigenvalue weighted by molar-refractivity contribution is 5.84. The highest BCUT2D eigenvalue weighted by atomic mass is 16.4. The van der Waals surface area contributed by atoms with E-state index in [1.54, 1.807) is 4.90 Å². The van der Waals surface area contributed by atoms with Gasteiger partial charge < -0.3 is 14.9 Å². The second-order valence-electron chi connectivity index (χ2n) is 5.63. The number of likely N-dealkylation sites (tertiary alicyclic amines) is 2. The van der Waals surface area contributed by atoms with Crippen LogP contribution in [-0.2, 0) is 0 Å². The van der Waals surface area contributed by atoms with Crippen molar-refractivity contribution in [1.29, 1.82) is 0 Å². The van der Waals surface area contributed by atoms with E-state index in [1.807, 2.05) is 4.90 Å². The number of aromatic nitrogens is 3. The first-order valence-electron chi connectivity index (χ1n) is 7.34. The molecule has 0 atom stereocenters. The van der Waals surface area contributed by atoms with Gasteiger partial charge in [0.15, 0.2) is 5.69 Å². The molecule has 0 aromatic carbocycles. The number of aromatic carboxylic acids is 1. The van der Waals surface area contributed by atoms with Gasteiger partial charge in [-0.25, -0.2) is 14.3 Å². The Labute approximate surface area is 122 Å². The van der Waals surface area contributed by atoms with E-state index in [1.165, 1.54) is 23.7 Å². The molecule has 8 nitrogen and oxygen atoms in total. The molecule has 1 aromatic heterocycles. The number of nitrogens with zero attached hydrogens (tertiary/aromatic N) is 5. The van der Waals surface area contributed by atoms with Crippen LogP contribution in [0.1, 0.15) is 42.2 Å². The number of hydrogen-bond donors (Lipinski definition) is 1. The van der Waals surface area contributed by atoms with Gasteiger partial charge in [-0.3, -0.25) is 0 Å². The molecule has 2 aliphatic rings. The van der Waals surface area contributed by atoms with Crippen LogP contribution in [0.4, 0.5) is 4.79 Å². The van der Waals surface area contributed by atoms with Crippen LogP contribution in [0.25, 0.3) is 0 Å². The first-order chi connectivity index (χ1) is 10.1. The summed E-state index contributed by atoms with van der Waals surface area (Å²) in [6.45, 7) is 2.81. The van der Waals surface area contributed by atoms with Gasteiger partial charge in [0, 0.05) is 26.2 Å². The molecule has 1 aromatic rings. The van der Waals surface area contributed by atoms with Crippen molar-refractivity contribution in [3.05, 3.63) is 11.9 Å². The van der Waals surface area contributed by atoms with Crippen LogP contribution in [0.5, 0.6) is 0 Å². The van der Waals surface area contributed by atoms with Gasteiger partial charge in [-0.2, -0.15) is 0 Å². The fourth-order valence-electron chi connectivity index (χ4n) is 2.79.